The molecule has 0 atom stereocenters. The molecule has 94 valence electrons. The van der Waals surface area contributed by atoms with Gasteiger partial charge in [0.2, 0.25) is 0 Å². The summed E-state index contributed by atoms with van der Waals surface area (Å²) < 4.78 is 6.27. The second-order valence-corrected chi connectivity index (χ2v) is 3.55. The molecular weight excluding hydrogens is 234 g/mol. The highest BCUT2D eigenvalue weighted by Gasteiger charge is 2.19. The Hall–Kier alpha value is -2.31. The molecule has 0 fully saturated rings. The molecule has 0 saturated carbocycles. The summed E-state index contributed by atoms with van der Waals surface area (Å²) in [5, 5.41) is 7.77. The predicted octanol–water partition coefficient (Wildman–Crippen LogP) is 0.465. The Morgan fingerprint density at radius 3 is 2.72 bits per heavy atom. The van der Waals surface area contributed by atoms with Crippen LogP contribution in [0.2, 0.25) is 0 Å². The van der Waals surface area contributed by atoms with Crippen LogP contribution in [0.25, 0.3) is 0 Å². The van der Waals surface area contributed by atoms with Crippen molar-refractivity contribution in [3.8, 4) is 0 Å². The van der Waals surface area contributed by atoms with Crippen LogP contribution in [0.1, 0.15) is 28.9 Å². The van der Waals surface area contributed by atoms with Gasteiger partial charge in [0.1, 0.15) is 12.4 Å². The molecule has 0 bridgehead atoms. The van der Waals surface area contributed by atoms with E-state index in [9.17, 15) is 4.79 Å². The predicted molar refractivity (Wildman–Crippen MR) is 61.9 cm³/mol. The maximum Gasteiger partial charge on any atom is 0.360 e. The Balaban J connectivity index is 2.29. The minimum Gasteiger partial charge on any atom is -0.464 e. The molecule has 7 nitrogen and oxygen atoms in total. The number of aromatic nitrogens is 5. The number of rotatable bonds is 4. The molecule has 0 aliphatic carbocycles. The van der Waals surface area contributed by atoms with Crippen molar-refractivity contribution in [2.75, 3.05) is 7.11 Å². The SMILES string of the molecule is CCc1c(C(=O)OC)nnn1Cc1ncccn1. The number of hydrogen-bond acceptors (Lipinski definition) is 6. The Bertz CT molecular complexity index is 538. The molecule has 0 amide bonds. The third kappa shape index (κ3) is 2.34. The molecule has 0 spiro atoms. The van der Waals surface area contributed by atoms with Crippen LogP contribution in [0.3, 0.4) is 0 Å². The third-order valence-corrected chi connectivity index (χ3v) is 2.46. The van der Waals surface area contributed by atoms with Crippen molar-refractivity contribution in [2.45, 2.75) is 19.9 Å². The van der Waals surface area contributed by atoms with Crippen molar-refractivity contribution in [3.05, 3.63) is 35.7 Å². The van der Waals surface area contributed by atoms with E-state index in [0.29, 0.717) is 24.5 Å². The van der Waals surface area contributed by atoms with E-state index in [1.165, 1.54) is 7.11 Å². The summed E-state index contributed by atoms with van der Waals surface area (Å²) in [6, 6.07) is 1.74. The lowest BCUT2D eigenvalue weighted by Gasteiger charge is -2.04. The molecule has 2 heterocycles. The van der Waals surface area contributed by atoms with E-state index in [4.69, 9.17) is 0 Å². The highest BCUT2D eigenvalue weighted by Crippen LogP contribution is 2.09. The van der Waals surface area contributed by atoms with E-state index >= 15 is 0 Å². The molecule has 18 heavy (non-hydrogen) atoms. The molecule has 0 radical (unpaired) electrons. The second kappa shape index (κ2) is 5.35. The Labute approximate surface area is 104 Å². The van der Waals surface area contributed by atoms with Gasteiger partial charge in [0.15, 0.2) is 5.69 Å². The van der Waals surface area contributed by atoms with E-state index < -0.39 is 5.97 Å². The van der Waals surface area contributed by atoms with Gasteiger partial charge in [-0.15, -0.1) is 5.10 Å². The van der Waals surface area contributed by atoms with Crippen LogP contribution < -0.4 is 0 Å². The molecule has 2 rings (SSSR count). The van der Waals surface area contributed by atoms with Gasteiger partial charge in [0, 0.05) is 12.4 Å². The standard InChI is InChI=1S/C11H13N5O2/c1-3-8-10(11(17)18-2)14-15-16(8)7-9-12-5-4-6-13-9/h4-6H,3,7H2,1-2H3. The zero-order valence-electron chi connectivity index (χ0n) is 10.2. The number of carbonyl (C=O) groups excluding carboxylic acids is 1. The van der Waals surface area contributed by atoms with Crippen LogP contribution in [0.5, 0.6) is 0 Å². The summed E-state index contributed by atoms with van der Waals surface area (Å²) in [5.41, 5.74) is 0.963. The van der Waals surface area contributed by atoms with Crippen LogP contribution in [-0.2, 0) is 17.7 Å². The highest BCUT2D eigenvalue weighted by molar-refractivity contribution is 5.88. The second-order valence-electron chi connectivity index (χ2n) is 3.55. The monoisotopic (exact) mass is 247 g/mol. The fourth-order valence-electron chi connectivity index (χ4n) is 1.61. The molecule has 0 unspecified atom stereocenters. The molecule has 0 N–H and O–H groups in total. The van der Waals surface area contributed by atoms with Crippen LogP contribution in [0.15, 0.2) is 18.5 Å². The van der Waals surface area contributed by atoms with Gasteiger partial charge in [0.25, 0.3) is 0 Å². The lowest BCUT2D eigenvalue weighted by atomic mass is 10.2. The maximum atomic E-state index is 11.5. The maximum absolute atomic E-state index is 11.5. The first-order chi connectivity index (χ1) is 8.76. The number of carbonyl (C=O) groups is 1. The van der Waals surface area contributed by atoms with E-state index in [-0.39, 0.29) is 5.69 Å². The lowest BCUT2D eigenvalue weighted by molar-refractivity contribution is 0.0592. The van der Waals surface area contributed by atoms with Crippen molar-refractivity contribution in [1.29, 1.82) is 0 Å². The minimum absolute atomic E-state index is 0.246. The Kier molecular flexibility index (Phi) is 3.61. The average Bonchev–Trinajstić information content (AvgIpc) is 2.81. The van der Waals surface area contributed by atoms with E-state index in [1.807, 2.05) is 6.92 Å². The van der Waals surface area contributed by atoms with Gasteiger partial charge in [-0.25, -0.2) is 19.4 Å². The topological polar surface area (TPSA) is 82.8 Å². The van der Waals surface area contributed by atoms with Gasteiger partial charge >= 0.3 is 5.97 Å². The summed E-state index contributed by atoms with van der Waals surface area (Å²) in [6.07, 6.45) is 3.95. The Morgan fingerprint density at radius 2 is 2.11 bits per heavy atom. The molecule has 0 aliphatic rings. The molecule has 2 aromatic heterocycles. The summed E-state index contributed by atoms with van der Waals surface area (Å²) in [7, 11) is 1.32. The van der Waals surface area contributed by atoms with Crippen molar-refractivity contribution in [2.24, 2.45) is 0 Å². The Morgan fingerprint density at radius 1 is 1.39 bits per heavy atom. The van der Waals surface area contributed by atoms with E-state index in [2.05, 4.69) is 25.0 Å². The van der Waals surface area contributed by atoms with Gasteiger partial charge in [-0.3, -0.25) is 0 Å². The molecular formula is C11H13N5O2. The van der Waals surface area contributed by atoms with Crippen LogP contribution in [0, 0.1) is 0 Å². The summed E-state index contributed by atoms with van der Waals surface area (Å²) >= 11 is 0. The number of esters is 1. The first kappa shape index (κ1) is 12.2. The summed E-state index contributed by atoms with van der Waals surface area (Å²) in [6.45, 7) is 2.31. The largest absolute Gasteiger partial charge is 0.464 e. The normalized spacial score (nSPS) is 10.3. The molecule has 7 heteroatoms. The van der Waals surface area contributed by atoms with Gasteiger partial charge in [-0.2, -0.15) is 0 Å². The van der Waals surface area contributed by atoms with Crippen LogP contribution in [-0.4, -0.2) is 38.0 Å². The smallest absolute Gasteiger partial charge is 0.360 e. The van der Waals surface area contributed by atoms with Gasteiger partial charge in [-0.1, -0.05) is 12.1 Å². The first-order valence-corrected chi connectivity index (χ1v) is 5.52. The number of ether oxygens (including phenoxy) is 1. The van der Waals surface area contributed by atoms with Crippen molar-refractivity contribution < 1.29 is 9.53 Å². The van der Waals surface area contributed by atoms with Gasteiger partial charge < -0.3 is 4.74 Å². The van der Waals surface area contributed by atoms with Crippen LogP contribution in [0.4, 0.5) is 0 Å². The number of nitrogens with zero attached hydrogens (tertiary/aromatic N) is 5. The van der Waals surface area contributed by atoms with Crippen molar-refractivity contribution >= 4 is 5.97 Å². The van der Waals surface area contributed by atoms with Crippen LogP contribution >= 0.6 is 0 Å². The summed E-state index contributed by atoms with van der Waals surface area (Å²) in [4.78, 5) is 19.7. The van der Waals surface area contributed by atoms with Crippen molar-refractivity contribution in [3.63, 3.8) is 0 Å². The quantitative estimate of drug-likeness (QED) is 0.730. The zero-order chi connectivity index (χ0) is 13.0. The van der Waals surface area contributed by atoms with Gasteiger partial charge in [0.05, 0.1) is 12.8 Å². The molecule has 0 aliphatic heterocycles. The first-order valence-electron chi connectivity index (χ1n) is 5.52. The fourth-order valence-corrected chi connectivity index (χ4v) is 1.61. The number of hydrogen-bond donors (Lipinski definition) is 0. The molecule has 0 aromatic carbocycles. The fraction of sp³-hybridized carbons (Fsp3) is 0.364. The third-order valence-electron chi connectivity index (χ3n) is 2.46. The molecule has 2 aromatic rings. The minimum atomic E-state index is -0.480. The lowest BCUT2D eigenvalue weighted by Crippen LogP contribution is -2.11. The average molecular weight is 247 g/mol. The molecule has 0 saturated heterocycles. The summed E-state index contributed by atoms with van der Waals surface area (Å²) in [5.74, 6) is 0.139. The number of methoxy groups -OCH3 is 1. The highest BCUT2D eigenvalue weighted by atomic mass is 16.5. The zero-order valence-corrected chi connectivity index (χ0v) is 10.2. The van der Waals surface area contributed by atoms with E-state index in [0.717, 1.165) is 0 Å². The van der Waals surface area contributed by atoms with Gasteiger partial charge in [-0.05, 0) is 12.5 Å². The van der Waals surface area contributed by atoms with Crippen molar-refractivity contribution in [1.82, 2.24) is 25.0 Å². The van der Waals surface area contributed by atoms with E-state index in [1.54, 1.807) is 23.1 Å².